The summed E-state index contributed by atoms with van der Waals surface area (Å²) < 4.78 is 5.47. The van der Waals surface area contributed by atoms with Crippen molar-refractivity contribution in [2.24, 2.45) is 10.7 Å². The van der Waals surface area contributed by atoms with E-state index in [-0.39, 0.29) is 12.1 Å². The Bertz CT molecular complexity index is 1010. The number of nitrogens with two attached hydrogens (primary N) is 1. The molecule has 1 amide bonds. The van der Waals surface area contributed by atoms with Gasteiger partial charge in [-0.05, 0) is 74.4 Å². The van der Waals surface area contributed by atoms with Crippen LogP contribution in [-0.2, 0) is 11.2 Å². The van der Waals surface area contributed by atoms with Crippen molar-refractivity contribution >= 4 is 18.1 Å². The Balaban J connectivity index is 1.84. The van der Waals surface area contributed by atoms with Gasteiger partial charge >= 0.3 is 6.09 Å². The van der Waals surface area contributed by atoms with Crippen LogP contribution in [0.3, 0.4) is 0 Å². The fraction of sp³-hybridized carbons (Fsp3) is 0.400. The van der Waals surface area contributed by atoms with Gasteiger partial charge in [-0.15, -0.1) is 0 Å². The average molecular weight is 436 g/mol. The molecule has 1 unspecified atom stereocenters. The smallest absolute Gasteiger partial charge is 0.408 e. The van der Waals surface area contributed by atoms with Gasteiger partial charge in [-0.3, -0.25) is 4.99 Å². The number of nitrogens with zero attached hydrogens (tertiary/aromatic N) is 2. The molecule has 1 aromatic carbocycles. The molecular weight excluding hydrogens is 402 g/mol. The van der Waals surface area contributed by atoms with Crippen molar-refractivity contribution in [1.29, 1.82) is 0 Å². The van der Waals surface area contributed by atoms with Gasteiger partial charge in [-0.25, -0.2) is 9.78 Å². The second-order valence-corrected chi connectivity index (χ2v) is 8.92. The number of hydrogen-bond acceptors (Lipinski definition) is 6. The first kappa shape index (κ1) is 23.3. The number of benzene rings is 1. The van der Waals surface area contributed by atoms with Gasteiger partial charge in [0.2, 0.25) is 0 Å². The predicted molar refractivity (Wildman–Crippen MR) is 130 cm³/mol. The van der Waals surface area contributed by atoms with Gasteiger partial charge in [0.15, 0.2) is 0 Å². The summed E-state index contributed by atoms with van der Waals surface area (Å²) in [6, 6.07) is 10.4. The molecule has 1 atom stereocenters. The zero-order chi connectivity index (χ0) is 23.1. The number of anilines is 1. The molecule has 4 N–H and O–H groups in total. The van der Waals surface area contributed by atoms with Crippen LogP contribution in [0.2, 0.25) is 0 Å². The molecule has 0 radical (unpaired) electrons. The maximum absolute atomic E-state index is 12.4. The number of amides is 1. The molecule has 170 valence electrons. The van der Waals surface area contributed by atoms with Crippen molar-refractivity contribution in [3.05, 3.63) is 59.6 Å². The van der Waals surface area contributed by atoms with Gasteiger partial charge in [0.1, 0.15) is 11.4 Å². The Labute approximate surface area is 190 Å². The summed E-state index contributed by atoms with van der Waals surface area (Å²) in [5.41, 5.74) is 10.4. The number of aliphatic imine (C=N–C) groups is 1. The highest BCUT2D eigenvalue weighted by Crippen LogP contribution is 2.33. The second-order valence-electron chi connectivity index (χ2n) is 8.92. The number of ether oxygens (including phenoxy) is 1. The first-order valence-corrected chi connectivity index (χ1v) is 11.0. The highest BCUT2D eigenvalue weighted by Gasteiger charge is 2.24. The Kier molecular flexibility index (Phi) is 7.51. The van der Waals surface area contributed by atoms with Gasteiger partial charge in [0, 0.05) is 25.7 Å². The molecule has 2 aromatic rings. The third-order valence-electron chi connectivity index (χ3n) is 5.21. The highest BCUT2D eigenvalue weighted by molar-refractivity contribution is 5.83. The van der Waals surface area contributed by atoms with Crippen molar-refractivity contribution in [3.63, 3.8) is 0 Å². The summed E-state index contributed by atoms with van der Waals surface area (Å²) in [5, 5.41) is 6.24. The normalized spacial score (nSPS) is 16.9. The molecule has 1 aliphatic rings. The van der Waals surface area contributed by atoms with E-state index in [1.165, 1.54) is 11.8 Å². The topological polar surface area (TPSA) is 102 Å². The molecule has 1 aliphatic carbocycles. The lowest BCUT2D eigenvalue weighted by Crippen LogP contribution is -2.35. The lowest BCUT2D eigenvalue weighted by molar-refractivity contribution is 0.0501. The molecule has 7 heteroatoms. The number of fused-ring (bicyclic) bond motifs is 1. The number of aryl methyl sites for hydroxylation is 1. The van der Waals surface area contributed by atoms with E-state index in [9.17, 15) is 4.79 Å². The highest BCUT2D eigenvalue weighted by atomic mass is 16.6. The Morgan fingerprint density at radius 1 is 1.22 bits per heavy atom. The quantitative estimate of drug-likeness (QED) is 0.455. The van der Waals surface area contributed by atoms with E-state index < -0.39 is 5.60 Å². The van der Waals surface area contributed by atoms with E-state index in [2.05, 4.69) is 38.8 Å². The number of carbonyl (C=O) groups excluding carboxylic acids is 1. The molecule has 1 aromatic heterocycles. The lowest BCUT2D eigenvalue weighted by Gasteiger charge is -2.24. The van der Waals surface area contributed by atoms with E-state index in [0.717, 1.165) is 42.4 Å². The molecular formula is C25H33N5O2. The minimum atomic E-state index is -0.517. The molecule has 0 saturated heterocycles. The van der Waals surface area contributed by atoms with Gasteiger partial charge in [-0.1, -0.05) is 24.6 Å². The minimum Gasteiger partial charge on any atom is -0.444 e. The van der Waals surface area contributed by atoms with Crippen LogP contribution in [0.15, 0.2) is 53.4 Å². The van der Waals surface area contributed by atoms with Crippen molar-refractivity contribution in [2.75, 3.05) is 12.4 Å². The standard InChI is InChI=1S/C25H33N5O2/c1-25(2,3)32-24(31)30-22-8-6-5-7-19-13-17(9-10-21(19)22)18-11-12-28-23(14-18)29-20(15-26)16-27-4/h9-16,22H,5-8,26H2,1-4H3,(H,28,29)(H,30,31). The number of carbonyl (C=O) groups is 1. The van der Waals surface area contributed by atoms with Crippen LogP contribution in [0.4, 0.5) is 10.6 Å². The minimum absolute atomic E-state index is 0.0448. The molecule has 0 fully saturated rings. The molecule has 0 saturated carbocycles. The third kappa shape index (κ3) is 6.33. The van der Waals surface area contributed by atoms with Crippen LogP contribution in [0.5, 0.6) is 0 Å². The summed E-state index contributed by atoms with van der Waals surface area (Å²) in [7, 11) is 1.69. The van der Waals surface area contributed by atoms with Crippen LogP contribution in [0.1, 0.15) is 57.2 Å². The summed E-state index contributed by atoms with van der Waals surface area (Å²) in [5.74, 6) is 0.693. The number of alkyl carbamates (subject to hydrolysis) is 1. The fourth-order valence-corrected chi connectivity index (χ4v) is 3.84. The Morgan fingerprint density at radius 3 is 2.72 bits per heavy atom. The predicted octanol–water partition coefficient (Wildman–Crippen LogP) is 4.95. The van der Waals surface area contributed by atoms with Crippen LogP contribution in [0, 0.1) is 0 Å². The first-order valence-electron chi connectivity index (χ1n) is 11.0. The largest absolute Gasteiger partial charge is 0.444 e. The van der Waals surface area contributed by atoms with Crippen LogP contribution >= 0.6 is 0 Å². The first-order chi connectivity index (χ1) is 15.3. The van der Waals surface area contributed by atoms with E-state index in [1.807, 2.05) is 32.9 Å². The lowest BCUT2D eigenvalue weighted by atomic mass is 9.94. The molecule has 0 spiro atoms. The molecule has 0 bridgehead atoms. The summed E-state index contributed by atoms with van der Waals surface area (Å²) >= 11 is 0. The zero-order valence-corrected chi connectivity index (χ0v) is 19.3. The van der Waals surface area contributed by atoms with E-state index >= 15 is 0 Å². The number of pyridine rings is 1. The monoisotopic (exact) mass is 435 g/mol. The number of hydrogen-bond donors (Lipinski definition) is 3. The average Bonchev–Trinajstić information content (AvgIpc) is 2.94. The molecule has 0 aliphatic heterocycles. The Hall–Kier alpha value is -3.35. The zero-order valence-electron chi connectivity index (χ0n) is 19.3. The second kappa shape index (κ2) is 10.3. The van der Waals surface area contributed by atoms with Gasteiger partial charge in [-0.2, -0.15) is 0 Å². The van der Waals surface area contributed by atoms with Gasteiger partial charge in [0.05, 0.1) is 11.7 Å². The van der Waals surface area contributed by atoms with Crippen molar-refractivity contribution in [3.8, 4) is 11.1 Å². The van der Waals surface area contributed by atoms with Crippen LogP contribution in [0.25, 0.3) is 11.1 Å². The Morgan fingerprint density at radius 2 is 2.00 bits per heavy atom. The molecule has 32 heavy (non-hydrogen) atoms. The summed E-state index contributed by atoms with van der Waals surface area (Å²) in [6.45, 7) is 5.62. The van der Waals surface area contributed by atoms with Gasteiger partial charge < -0.3 is 21.1 Å². The number of aromatic nitrogens is 1. The maximum Gasteiger partial charge on any atom is 0.408 e. The van der Waals surface area contributed by atoms with E-state index in [1.54, 1.807) is 19.5 Å². The number of allylic oxidation sites excluding steroid dienone is 1. The van der Waals surface area contributed by atoms with Gasteiger partial charge in [0.25, 0.3) is 0 Å². The summed E-state index contributed by atoms with van der Waals surface area (Å²) in [6.07, 6.45) is 8.54. The number of rotatable bonds is 5. The molecule has 3 rings (SSSR count). The van der Waals surface area contributed by atoms with E-state index in [0.29, 0.717) is 11.5 Å². The molecule has 7 nitrogen and oxygen atoms in total. The van der Waals surface area contributed by atoms with Crippen molar-refractivity contribution in [2.45, 2.75) is 58.1 Å². The fourth-order valence-electron chi connectivity index (χ4n) is 3.84. The SMILES string of the molecule is CN=CC(=CN)Nc1cc(-c2ccc3c(c2)CCCCC3NC(=O)OC(C)(C)C)ccn1. The molecule has 1 heterocycles. The third-order valence-corrected chi connectivity index (χ3v) is 5.21. The van der Waals surface area contributed by atoms with Crippen molar-refractivity contribution < 1.29 is 9.53 Å². The van der Waals surface area contributed by atoms with E-state index in [4.69, 9.17) is 10.5 Å². The van der Waals surface area contributed by atoms with Crippen molar-refractivity contribution in [1.82, 2.24) is 10.3 Å². The van der Waals surface area contributed by atoms with Crippen LogP contribution < -0.4 is 16.4 Å². The summed E-state index contributed by atoms with van der Waals surface area (Å²) in [4.78, 5) is 20.7. The van der Waals surface area contributed by atoms with Crippen LogP contribution in [-0.4, -0.2) is 29.9 Å². The number of nitrogens with one attached hydrogen (secondary N) is 2. The maximum atomic E-state index is 12.4.